The van der Waals surface area contributed by atoms with Crippen molar-refractivity contribution in [3.63, 3.8) is 0 Å². The molecular formula is C13H15ClN2. The van der Waals surface area contributed by atoms with Crippen LogP contribution < -0.4 is 5.73 Å². The second-order valence-electron chi connectivity index (χ2n) is 4.73. The molecule has 0 amide bonds. The van der Waals surface area contributed by atoms with E-state index in [1.807, 2.05) is 18.2 Å². The Morgan fingerprint density at radius 3 is 2.81 bits per heavy atom. The first-order chi connectivity index (χ1) is 7.73. The van der Waals surface area contributed by atoms with Gasteiger partial charge in [-0.3, -0.25) is 0 Å². The number of nitrogens with one attached hydrogen (secondary N) is 1. The van der Waals surface area contributed by atoms with Gasteiger partial charge in [0, 0.05) is 27.0 Å². The lowest BCUT2D eigenvalue weighted by atomic mass is 9.98. The van der Waals surface area contributed by atoms with Gasteiger partial charge in [0.05, 0.1) is 0 Å². The van der Waals surface area contributed by atoms with Crippen molar-refractivity contribution in [1.29, 1.82) is 0 Å². The maximum Gasteiger partial charge on any atom is 0.0457 e. The number of H-pyrrole nitrogens is 1. The molecule has 1 fully saturated rings. The summed E-state index contributed by atoms with van der Waals surface area (Å²) >= 11 is 5.99. The van der Waals surface area contributed by atoms with E-state index in [2.05, 4.69) is 11.1 Å². The fraction of sp³-hybridized carbons (Fsp3) is 0.385. The van der Waals surface area contributed by atoms with Crippen LogP contribution in [-0.2, 0) is 5.41 Å². The predicted molar refractivity (Wildman–Crippen MR) is 67.9 cm³/mol. The van der Waals surface area contributed by atoms with Crippen LogP contribution in [0.3, 0.4) is 0 Å². The Morgan fingerprint density at radius 1 is 1.31 bits per heavy atom. The number of halogens is 1. The Bertz CT molecular complexity index is 526. The predicted octanol–water partition coefficient (Wildman–Crippen LogP) is 3.20. The van der Waals surface area contributed by atoms with Crippen molar-refractivity contribution >= 4 is 22.5 Å². The molecule has 3 heteroatoms. The number of rotatable bonds is 3. The zero-order valence-electron chi connectivity index (χ0n) is 9.09. The molecule has 1 aliphatic carbocycles. The molecular weight excluding hydrogens is 220 g/mol. The van der Waals surface area contributed by atoms with Gasteiger partial charge >= 0.3 is 0 Å². The third-order valence-electron chi connectivity index (χ3n) is 3.63. The molecule has 84 valence electrons. The zero-order chi connectivity index (χ0) is 11.2. The molecule has 1 heterocycles. The highest BCUT2D eigenvalue weighted by Gasteiger charge is 2.44. The number of aromatic amines is 1. The Labute approximate surface area is 99.8 Å². The second-order valence-corrected chi connectivity index (χ2v) is 5.17. The molecule has 1 aromatic heterocycles. The van der Waals surface area contributed by atoms with Crippen LogP contribution in [0.4, 0.5) is 0 Å². The summed E-state index contributed by atoms with van der Waals surface area (Å²) in [6.07, 6.45) is 3.59. The fourth-order valence-electron chi connectivity index (χ4n) is 2.47. The zero-order valence-corrected chi connectivity index (χ0v) is 9.85. The quantitative estimate of drug-likeness (QED) is 0.842. The van der Waals surface area contributed by atoms with Crippen molar-refractivity contribution < 1.29 is 0 Å². The highest BCUT2D eigenvalue weighted by atomic mass is 35.5. The van der Waals surface area contributed by atoms with E-state index in [-0.39, 0.29) is 0 Å². The molecule has 1 saturated carbocycles. The third-order valence-corrected chi connectivity index (χ3v) is 3.87. The van der Waals surface area contributed by atoms with Gasteiger partial charge in [-0.1, -0.05) is 11.6 Å². The van der Waals surface area contributed by atoms with Crippen LogP contribution in [0.1, 0.15) is 25.0 Å². The molecule has 3 rings (SSSR count). The van der Waals surface area contributed by atoms with Gasteiger partial charge < -0.3 is 10.7 Å². The van der Waals surface area contributed by atoms with Crippen LogP contribution in [0.2, 0.25) is 5.02 Å². The first-order valence-electron chi connectivity index (χ1n) is 5.72. The summed E-state index contributed by atoms with van der Waals surface area (Å²) < 4.78 is 0. The van der Waals surface area contributed by atoms with Crippen LogP contribution in [0, 0.1) is 0 Å². The third kappa shape index (κ3) is 1.53. The normalized spacial score (nSPS) is 17.9. The van der Waals surface area contributed by atoms with Crippen molar-refractivity contribution in [3.8, 4) is 0 Å². The second kappa shape index (κ2) is 3.51. The number of nitrogens with two attached hydrogens (primary N) is 1. The summed E-state index contributed by atoms with van der Waals surface area (Å²) in [6, 6.07) is 8.20. The van der Waals surface area contributed by atoms with E-state index in [4.69, 9.17) is 17.3 Å². The van der Waals surface area contributed by atoms with Crippen molar-refractivity contribution in [2.75, 3.05) is 6.54 Å². The number of hydrogen-bond acceptors (Lipinski definition) is 1. The molecule has 3 N–H and O–H groups in total. The summed E-state index contributed by atoms with van der Waals surface area (Å²) in [5, 5.41) is 1.99. The first kappa shape index (κ1) is 10.2. The van der Waals surface area contributed by atoms with Crippen LogP contribution in [0.15, 0.2) is 24.3 Å². The molecule has 1 aliphatic rings. The SMILES string of the molecule is NCCC1(c2cc3cc(Cl)ccc3[nH]2)CC1. The molecule has 0 bridgehead atoms. The van der Waals surface area contributed by atoms with Crippen LogP contribution in [0.25, 0.3) is 10.9 Å². The Hall–Kier alpha value is -0.990. The van der Waals surface area contributed by atoms with E-state index >= 15 is 0 Å². The average molecular weight is 235 g/mol. The van der Waals surface area contributed by atoms with Gasteiger partial charge in [-0.05, 0) is 50.1 Å². The Morgan fingerprint density at radius 2 is 2.12 bits per heavy atom. The summed E-state index contributed by atoms with van der Waals surface area (Å²) in [6.45, 7) is 0.760. The topological polar surface area (TPSA) is 41.8 Å². The van der Waals surface area contributed by atoms with Crippen LogP contribution in [-0.4, -0.2) is 11.5 Å². The molecule has 2 aromatic rings. The minimum absolute atomic E-state index is 0.334. The van der Waals surface area contributed by atoms with Gasteiger partial charge in [0.1, 0.15) is 0 Å². The molecule has 0 aliphatic heterocycles. The molecule has 0 saturated heterocycles. The molecule has 0 radical (unpaired) electrons. The largest absolute Gasteiger partial charge is 0.358 e. The Kier molecular flexibility index (Phi) is 2.23. The highest BCUT2D eigenvalue weighted by molar-refractivity contribution is 6.31. The first-order valence-corrected chi connectivity index (χ1v) is 6.10. The summed E-state index contributed by atoms with van der Waals surface area (Å²) in [4.78, 5) is 3.50. The molecule has 0 atom stereocenters. The molecule has 2 nitrogen and oxygen atoms in total. The average Bonchev–Trinajstić information content (AvgIpc) is 2.91. The van der Waals surface area contributed by atoms with E-state index < -0.39 is 0 Å². The van der Waals surface area contributed by atoms with Gasteiger partial charge in [-0.2, -0.15) is 0 Å². The molecule has 16 heavy (non-hydrogen) atoms. The summed E-state index contributed by atoms with van der Waals surface area (Å²) in [5.41, 5.74) is 8.51. The number of benzene rings is 1. The summed E-state index contributed by atoms with van der Waals surface area (Å²) in [5.74, 6) is 0. The maximum atomic E-state index is 5.99. The minimum atomic E-state index is 0.334. The van der Waals surface area contributed by atoms with Crippen molar-refractivity contribution in [1.82, 2.24) is 4.98 Å². The molecule has 0 spiro atoms. The van der Waals surface area contributed by atoms with Crippen LogP contribution >= 0.6 is 11.6 Å². The number of aromatic nitrogens is 1. The van der Waals surface area contributed by atoms with Gasteiger partial charge in [0.25, 0.3) is 0 Å². The summed E-state index contributed by atoms with van der Waals surface area (Å²) in [7, 11) is 0. The van der Waals surface area contributed by atoms with E-state index in [0.29, 0.717) is 5.41 Å². The fourth-order valence-corrected chi connectivity index (χ4v) is 2.65. The number of fused-ring (bicyclic) bond motifs is 1. The van der Waals surface area contributed by atoms with E-state index in [1.54, 1.807) is 0 Å². The molecule has 0 unspecified atom stereocenters. The van der Waals surface area contributed by atoms with E-state index in [1.165, 1.54) is 29.4 Å². The molecule has 1 aromatic carbocycles. The van der Waals surface area contributed by atoms with E-state index in [9.17, 15) is 0 Å². The van der Waals surface area contributed by atoms with Gasteiger partial charge in [0.15, 0.2) is 0 Å². The lowest BCUT2D eigenvalue weighted by Crippen LogP contribution is -2.13. The van der Waals surface area contributed by atoms with Crippen molar-refractivity contribution in [2.24, 2.45) is 5.73 Å². The monoisotopic (exact) mass is 234 g/mol. The highest BCUT2D eigenvalue weighted by Crippen LogP contribution is 2.50. The smallest absolute Gasteiger partial charge is 0.0457 e. The van der Waals surface area contributed by atoms with Gasteiger partial charge in [0.2, 0.25) is 0 Å². The van der Waals surface area contributed by atoms with Gasteiger partial charge in [-0.25, -0.2) is 0 Å². The standard InChI is InChI=1S/C13H15ClN2/c14-10-1-2-11-9(7-10)8-12(16-11)13(3-4-13)5-6-15/h1-2,7-8,16H,3-6,15H2. The Balaban J connectivity index is 2.05. The van der Waals surface area contributed by atoms with Crippen molar-refractivity contribution in [3.05, 3.63) is 35.0 Å². The lowest BCUT2D eigenvalue weighted by molar-refractivity contribution is 0.615. The van der Waals surface area contributed by atoms with Gasteiger partial charge in [-0.15, -0.1) is 0 Å². The van der Waals surface area contributed by atoms with Crippen molar-refractivity contribution in [2.45, 2.75) is 24.7 Å². The number of hydrogen-bond donors (Lipinski definition) is 2. The maximum absolute atomic E-state index is 5.99. The van der Waals surface area contributed by atoms with E-state index in [0.717, 1.165) is 18.0 Å². The lowest BCUT2D eigenvalue weighted by Gasteiger charge is -2.10. The minimum Gasteiger partial charge on any atom is -0.358 e. The van der Waals surface area contributed by atoms with Crippen LogP contribution in [0.5, 0.6) is 0 Å².